The number of nitrogens with zero attached hydrogens (tertiary/aromatic N) is 4. The van der Waals surface area contributed by atoms with Gasteiger partial charge >= 0.3 is 0 Å². The van der Waals surface area contributed by atoms with Crippen LogP contribution < -0.4 is 10.6 Å². The largest absolute Gasteiger partial charge is 0.360 e. The van der Waals surface area contributed by atoms with Crippen molar-refractivity contribution in [1.29, 1.82) is 0 Å². The molecule has 0 aliphatic carbocycles. The third kappa shape index (κ3) is 4.30. The van der Waals surface area contributed by atoms with Crippen molar-refractivity contribution in [3.63, 3.8) is 0 Å². The summed E-state index contributed by atoms with van der Waals surface area (Å²) in [5.41, 5.74) is 0. The van der Waals surface area contributed by atoms with Crippen LogP contribution in [0.3, 0.4) is 0 Å². The molecule has 1 amide bonds. The molecule has 0 aliphatic rings. The number of aromatic nitrogens is 4. The highest BCUT2D eigenvalue weighted by Crippen LogP contribution is 2.14. The van der Waals surface area contributed by atoms with E-state index in [1.54, 1.807) is 12.5 Å². The van der Waals surface area contributed by atoms with E-state index in [1.807, 2.05) is 17.7 Å². The molecule has 0 unspecified atom stereocenters. The van der Waals surface area contributed by atoms with Crippen LogP contribution in [0, 0.1) is 0 Å². The number of rotatable bonds is 8. The van der Waals surface area contributed by atoms with Crippen molar-refractivity contribution in [3.8, 4) is 0 Å². The fourth-order valence-electron chi connectivity index (χ4n) is 1.65. The second-order valence-corrected chi connectivity index (χ2v) is 5.18. The minimum absolute atomic E-state index is 0.158. The molecule has 2 N–H and O–H groups in total. The van der Waals surface area contributed by atoms with Crippen LogP contribution in [-0.4, -0.2) is 38.7 Å². The number of nitrogens with one attached hydrogen (secondary N) is 2. The van der Waals surface area contributed by atoms with E-state index in [0.29, 0.717) is 16.7 Å². The highest BCUT2D eigenvalue weighted by molar-refractivity contribution is 7.17. The standard InChI is InChI=1S/C12H18N6OS/c1-2-14-12-17-16-11(20-12)10(19)15-5-3-4-7-18-8-6-13-9-18/h6,8-9H,2-5,7H2,1H3,(H,14,17)(H,15,19). The molecule has 0 bridgehead atoms. The number of carbonyl (C=O) groups is 1. The lowest BCUT2D eigenvalue weighted by Crippen LogP contribution is -2.24. The second kappa shape index (κ2) is 7.59. The van der Waals surface area contributed by atoms with Gasteiger partial charge in [0.05, 0.1) is 6.33 Å². The number of aryl methyl sites for hydroxylation is 1. The van der Waals surface area contributed by atoms with Crippen molar-refractivity contribution in [2.24, 2.45) is 0 Å². The zero-order chi connectivity index (χ0) is 14.2. The lowest BCUT2D eigenvalue weighted by Gasteiger charge is -2.03. The van der Waals surface area contributed by atoms with Gasteiger partial charge in [0.1, 0.15) is 0 Å². The monoisotopic (exact) mass is 294 g/mol. The van der Waals surface area contributed by atoms with Crippen molar-refractivity contribution >= 4 is 22.4 Å². The maximum atomic E-state index is 11.8. The van der Waals surface area contributed by atoms with Gasteiger partial charge in [-0.2, -0.15) is 0 Å². The van der Waals surface area contributed by atoms with Gasteiger partial charge in [-0.15, -0.1) is 10.2 Å². The van der Waals surface area contributed by atoms with E-state index < -0.39 is 0 Å². The van der Waals surface area contributed by atoms with E-state index in [4.69, 9.17) is 0 Å². The van der Waals surface area contributed by atoms with Crippen molar-refractivity contribution in [2.75, 3.05) is 18.4 Å². The fraction of sp³-hybridized carbons (Fsp3) is 0.500. The van der Waals surface area contributed by atoms with Gasteiger partial charge in [-0.25, -0.2) is 4.98 Å². The Balaban J connectivity index is 1.64. The number of imidazole rings is 1. The van der Waals surface area contributed by atoms with E-state index in [2.05, 4.69) is 25.8 Å². The zero-order valence-electron chi connectivity index (χ0n) is 11.4. The number of amides is 1. The fourth-order valence-corrected chi connectivity index (χ4v) is 2.38. The number of hydrogen-bond donors (Lipinski definition) is 2. The van der Waals surface area contributed by atoms with Gasteiger partial charge in [-0.3, -0.25) is 4.79 Å². The zero-order valence-corrected chi connectivity index (χ0v) is 12.2. The van der Waals surface area contributed by atoms with Crippen molar-refractivity contribution in [2.45, 2.75) is 26.3 Å². The number of anilines is 1. The van der Waals surface area contributed by atoms with Crippen LogP contribution in [0.15, 0.2) is 18.7 Å². The molecule has 2 heterocycles. The molecule has 20 heavy (non-hydrogen) atoms. The quantitative estimate of drug-likeness (QED) is 0.718. The Kier molecular flexibility index (Phi) is 5.48. The van der Waals surface area contributed by atoms with E-state index >= 15 is 0 Å². The molecular weight excluding hydrogens is 276 g/mol. The average molecular weight is 294 g/mol. The van der Waals surface area contributed by atoms with Crippen molar-refractivity contribution in [3.05, 3.63) is 23.7 Å². The summed E-state index contributed by atoms with van der Waals surface area (Å²) in [4.78, 5) is 15.8. The second-order valence-electron chi connectivity index (χ2n) is 4.21. The van der Waals surface area contributed by atoms with Crippen LogP contribution in [0.1, 0.15) is 29.6 Å². The molecule has 0 aromatic carbocycles. The Morgan fingerprint density at radius 3 is 3.05 bits per heavy atom. The van der Waals surface area contributed by atoms with Gasteiger partial charge in [0.25, 0.3) is 5.91 Å². The van der Waals surface area contributed by atoms with Gasteiger partial charge in [-0.05, 0) is 19.8 Å². The van der Waals surface area contributed by atoms with Crippen LogP contribution in [0.25, 0.3) is 0 Å². The number of hydrogen-bond acceptors (Lipinski definition) is 6. The van der Waals surface area contributed by atoms with Crippen LogP contribution in [0.4, 0.5) is 5.13 Å². The lowest BCUT2D eigenvalue weighted by molar-refractivity contribution is 0.0952. The molecule has 0 aliphatic heterocycles. The predicted octanol–water partition coefficient (Wildman–Crippen LogP) is 1.38. The van der Waals surface area contributed by atoms with E-state index in [1.165, 1.54) is 11.3 Å². The summed E-state index contributed by atoms with van der Waals surface area (Å²) in [6.45, 7) is 4.30. The van der Waals surface area contributed by atoms with Crippen LogP contribution in [0.2, 0.25) is 0 Å². The van der Waals surface area contributed by atoms with Crippen molar-refractivity contribution < 1.29 is 4.79 Å². The van der Waals surface area contributed by atoms with E-state index in [0.717, 1.165) is 25.9 Å². The topological polar surface area (TPSA) is 84.7 Å². The molecule has 0 saturated carbocycles. The molecule has 2 aromatic rings. The summed E-state index contributed by atoms with van der Waals surface area (Å²) in [5, 5.41) is 14.7. The third-order valence-corrected chi connectivity index (χ3v) is 3.51. The molecule has 7 nitrogen and oxygen atoms in total. The minimum Gasteiger partial charge on any atom is -0.360 e. The summed E-state index contributed by atoms with van der Waals surface area (Å²) in [6, 6.07) is 0. The summed E-state index contributed by atoms with van der Waals surface area (Å²) < 4.78 is 2.02. The normalized spacial score (nSPS) is 10.4. The van der Waals surface area contributed by atoms with Gasteiger partial charge in [0.2, 0.25) is 10.1 Å². The smallest absolute Gasteiger partial charge is 0.282 e. The Bertz CT molecular complexity index is 524. The SMILES string of the molecule is CCNc1nnc(C(=O)NCCCCn2ccnc2)s1. The van der Waals surface area contributed by atoms with Crippen LogP contribution >= 0.6 is 11.3 Å². The molecule has 108 valence electrons. The van der Waals surface area contributed by atoms with E-state index in [9.17, 15) is 4.79 Å². The Morgan fingerprint density at radius 1 is 1.40 bits per heavy atom. The van der Waals surface area contributed by atoms with Crippen LogP contribution in [-0.2, 0) is 6.54 Å². The molecule has 0 radical (unpaired) electrons. The third-order valence-electron chi connectivity index (χ3n) is 2.64. The number of unbranched alkanes of at least 4 members (excludes halogenated alkanes) is 1. The van der Waals surface area contributed by atoms with Gasteiger partial charge < -0.3 is 15.2 Å². The summed E-state index contributed by atoms with van der Waals surface area (Å²) in [5.74, 6) is -0.158. The first kappa shape index (κ1) is 14.4. The lowest BCUT2D eigenvalue weighted by atomic mass is 10.3. The summed E-state index contributed by atoms with van der Waals surface area (Å²) in [6.07, 6.45) is 7.40. The maximum absolute atomic E-state index is 11.8. The summed E-state index contributed by atoms with van der Waals surface area (Å²) in [7, 11) is 0. The number of carbonyl (C=O) groups excluding carboxylic acids is 1. The Hall–Kier alpha value is -1.96. The molecule has 0 atom stereocenters. The Labute approximate surface area is 121 Å². The van der Waals surface area contributed by atoms with Gasteiger partial charge in [0, 0.05) is 32.0 Å². The van der Waals surface area contributed by atoms with E-state index in [-0.39, 0.29) is 5.91 Å². The minimum atomic E-state index is -0.158. The first-order chi connectivity index (χ1) is 9.79. The molecule has 2 aromatic heterocycles. The average Bonchev–Trinajstić information content (AvgIpc) is 3.10. The molecular formula is C12H18N6OS. The first-order valence-corrected chi connectivity index (χ1v) is 7.42. The highest BCUT2D eigenvalue weighted by atomic mass is 32.1. The molecule has 0 fully saturated rings. The van der Waals surface area contributed by atoms with Gasteiger partial charge in [-0.1, -0.05) is 11.3 Å². The molecule has 0 saturated heterocycles. The summed E-state index contributed by atoms with van der Waals surface area (Å²) >= 11 is 1.27. The molecule has 2 rings (SSSR count). The van der Waals surface area contributed by atoms with Crippen LogP contribution in [0.5, 0.6) is 0 Å². The Morgan fingerprint density at radius 2 is 2.30 bits per heavy atom. The van der Waals surface area contributed by atoms with Gasteiger partial charge in [0.15, 0.2) is 0 Å². The molecule has 8 heteroatoms. The first-order valence-electron chi connectivity index (χ1n) is 6.61. The highest BCUT2D eigenvalue weighted by Gasteiger charge is 2.11. The molecule has 0 spiro atoms. The predicted molar refractivity (Wildman–Crippen MR) is 77.9 cm³/mol. The maximum Gasteiger partial charge on any atom is 0.282 e. The van der Waals surface area contributed by atoms with Crippen molar-refractivity contribution in [1.82, 2.24) is 25.1 Å².